The molecule has 0 radical (unpaired) electrons. The Hall–Kier alpha value is -4.04. The van der Waals surface area contributed by atoms with Crippen molar-refractivity contribution in [3.63, 3.8) is 0 Å². The van der Waals surface area contributed by atoms with E-state index in [-0.39, 0.29) is 5.78 Å². The van der Waals surface area contributed by atoms with Crippen LogP contribution in [0.1, 0.15) is 21.5 Å². The lowest BCUT2D eigenvalue weighted by Gasteiger charge is -2.09. The maximum absolute atomic E-state index is 13.0. The average Bonchev–Trinajstić information content (AvgIpc) is 2.82. The van der Waals surface area contributed by atoms with Crippen LogP contribution in [0.4, 0.5) is 5.69 Å². The molecule has 0 aliphatic carbocycles. The Bertz CT molecular complexity index is 1350. The molecule has 5 aromatic carbocycles. The van der Waals surface area contributed by atoms with Crippen molar-refractivity contribution in [2.24, 2.45) is 4.99 Å². The standard InChI is InChI=1S/C28H19NO/c30-28(20-10-2-1-3-11-20)25-16-8-9-17-27(25)29-19-26-23-14-6-4-12-21(23)18-22-13-5-7-15-24(22)26/h1-19H. The second-order valence-electron chi connectivity index (χ2n) is 7.20. The van der Waals surface area contributed by atoms with Gasteiger partial charge in [0.25, 0.3) is 0 Å². The van der Waals surface area contributed by atoms with Crippen LogP contribution in [0.15, 0.2) is 114 Å². The first-order chi connectivity index (χ1) is 14.8. The Morgan fingerprint density at radius 3 is 1.90 bits per heavy atom. The fourth-order valence-corrected chi connectivity index (χ4v) is 3.85. The summed E-state index contributed by atoms with van der Waals surface area (Å²) in [5.41, 5.74) is 2.99. The van der Waals surface area contributed by atoms with Crippen LogP contribution in [-0.4, -0.2) is 12.0 Å². The number of nitrogens with zero attached hydrogens (tertiary/aromatic N) is 1. The summed E-state index contributed by atoms with van der Waals surface area (Å²) in [5, 5.41) is 4.64. The molecule has 0 amide bonds. The smallest absolute Gasteiger partial charge is 0.195 e. The Labute approximate surface area is 175 Å². The summed E-state index contributed by atoms with van der Waals surface area (Å²) in [6.07, 6.45) is 1.89. The number of hydrogen-bond donors (Lipinski definition) is 0. The highest BCUT2D eigenvalue weighted by Gasteiger charge is 2.13. The first-order valence-electron chi connectivity index (χ1n) is 9.94. The van der Waals surface area contributed by atoms with Gasteiger partial charge in [0.15, 0.2) is 5.78 Å². The van der Waals surface area contributed by atoms with Gasteiger partial charge in [0.2, 0.25) is 0 Å². The Morgan fingerprint density at radius 1 is 0.633 bits per heavy atom. The fourth-order valence-electron chi connectivity index (χ4n) is 3.85. The second-order valence-corrected chi connectivity index (χ2v) is 7.20. The van der Waals surface area contributed by atoms with Crippen LogP contribution in [-0.2, 0) is 0 Å². The zero-order valence-corrected chi connectivity index (χ0v) is 16.3. The van der Waals surface area contributed by atoms with Gasteiger partial charge in [-0.2, -0.15) is 0 Å². The lowest BCUT2D eigenvalue weighted by molar-refractivity contribution is 0.103. The predicted molar refractivity (Wildman–Crippen MR) is 125 cm³/mol. The molecule has 142 valence electrons. The van der Waals surface area contributed by atoms with Gasteiger partial charge >= 0.3 is 0 Å². The maximum atomic E-state index is 13.0. The molecular formula is C28H19NO. The van der Waals surface area contributed by atoms with Crippen molar-refractivity contribution in [1.82, 2.24) is 0 Å². The summed E-state index contributed by atoms with van der Waals surface area (Å²) >= 11 is 0. The summed E-state index contributed by atoms with van der Waals surface area (Å²) < 4.78 is 0. The highest BCUT2D eigenvalue weighted by atomic mass is 16.1. The molecule has 0 saturated heterocycles. The molecule has 2 nitrogen and oxygen atoms in total. The average molecular weight is 385 g/mol. The zero-order chi connectivity index (χ0) is 20.3. The second kappa shape index (κ2) is 7.76. The Balaban J connectivity index is 1.65. The van der Waals surface area contributed by atoms with Gasteiger partial charge in [-0.15, -0.1) is 0 Å². The molecule has 0 heterocycles. The highest BCUT2D eigenvalue weighted by Crippen LogP contribution is 2.29. The zero-order valence-electron chi connectivity index (χ0n) is 16.3. The Kier molecular flexibility index (Phi) is 4.66. The third kappa shape index (κ3) is 3.29. The molecule has 5 rings (SSSR count). The van der Waals surface area contributed by atoms with Gasteiger partial charge in [0.1, 0.15) is 0 Å². The van der Waals surface area contributed by atoms with Gasteiger partial charge in [0, 0.05) is 22.9 Å². The molecule has 0 fully saturated rings. The fraction of sp³-hybridized carbons (Fsp3) is 0. The summed E-state index contributed by atoms with van der Waals surface area (Å²) in [5.74, 6) is -0.0221. The normalized spacial score (nSPS) is 11.3. The first kappa shape index (κ1) is 18.0. The number of hydrogen-bond acceptors (Lipinski definition) is 2. The topological polar surface area (TPSA) is 29.4 Å². The third-order valence-corrected chi connectivity index (χ3v) is 5.33. The minimum atomic E-state index is -0.0221. The van der Waals surface area contributed by atoms with Crippen LogP contribution in [0.3, 0.4) is 0 Å². The van der Waals surface area contributed by atoms with Gasteiger partial charge in [-0.1, -0.05) is 91.0 Å². The number of benzene rings is 5. The molecule has 0 spiro atoms. The van der Waals surface area contributed by atoms with E-state index in [1.54, 1.807) is 0 Å². The number of ketones is 1. The monoisotopic (exact) mass is 385 g/mol. The van der Waals surface area contributed by atoms with E-state index in [1.165, 1.54) is 10.8 Å². The van der Waals surface area contributed by atoms with E-state index < -0.39 is 0 Å². The van der Waals surface area contributed by atoms with E-state index in [0.29, 0.717) is 16.8 Å². The van der Waals surface area contributed by atoms with E-state index in [4.69, 9.17) is 4.99 Å². The van der Waals surface area contributed by atoms with Gasteiger partial charge in [-0.3, -0.25) is 9.79 Å². The molecule has 0 saturated carbocycles. The third-order valence-electron chi connectivity index (χ3n) is 5.33. The molecular weight excluding hydrogens is 366 g/mol. The number of aliphatic imine (C=N–C) groups is 1. The van der Waals surface area contributed by atoms with Gasteiger partial charge in [-0.25, -0.2) is 0 Å². The van der Waals surface area contributed by atoms with Crippen molar-refractivity contribution in [3.05, 3.63) is 126 Å². The van der Waals surface area contributed by atoms with Crippen molar-refractivity contribution in [2.45, 2.75) is 0 Å². The quantitative estimate of drug-likeness (QED) is 0.186. The van der Waals surface area contributed by atoms with E-state index in [9.17, 15) is 4.79 Å². The number of rotatable bonds is 4. The van der Waals surface area contributed by atoms with E-state index >= 15 is 0 Å². The van der Waals surface area contributed by atoms with Crippen molar-refractivity contribution in [3.8, 4) is 0 Å². The van der Waals surface area contributed by atoms with Crippen molar-refractivity contribution in [2.75, 3.05) is 0 Å². The van der Waals surface area contributed by atoms with Crippen molar-refractivity contribution < 1.29 is 4.79 Å². The lowest BCUT2D eigenvalue weighted by Crippen LogP contribution is -2.01. The minimum absolute atomic E-state index is 0.0221. The van der Waals surface area contributed by atoms with Crippen molar-refractivity contribution in [1.29, 1.82) is 0 Å². The molecule has 5 aromatic rings. The molecule has 0 bridgehead atoms. The van der Waals surface area contributed by atoms with Crippen LogP contribution in [0.25, 0.3) is 21.5 Å². The Morgan fingerprint density at radius 2 is 1.20 bits per heavy atom. The first-order valence-corrected chi connectivity index (χ1v) is 9.94. The van der Waals surface area contributed by atoms with Gasteiger partial charge < -0.3 is 0 Å². The molecule has 0 N–H and O–H groups in total. The van der Waals surface area contributed by atoms with Crippen molar-refractivity contribution >= 4 is 39.2 Å². The minimum Gasteiger partial charge on any atom is -0.289 e. The molecule has 0 unspecified atom stereocenters. The largest absolute Gasteiger partial charge is 0.289 e. The predicted octanol–water partition coefficient (Wildman–Crippen LogP) is 6.97. The van der Waals surface area contributed by atoms with Gasteiger partial charge in [0.05, 0.1) is 5.69 Å². The SMILES string of the molecule is O=C(c1ccccc1)c1ccccc1N=Cc1c2ccccc2cc2ccccc12. The summed E-state index contributed by atoms with van der Waals surface area (Å²) in [7, 11) is 0. The van der Waals surface area contributed by atoms with E-state index in [2.05, 4.69) is 30.3 Å². The van der Waals surface area contributed by atoms with Crippen LogP contribution in [0.2, 0.25) is 0 Å². The number of carbonyl (C=O) groups is 1. The number of fused-ring (bicyclic) bond motifs is 2. The molecule has 30 heavy (non-hydrogen) atoms. The summed E-state index contributed by atoms with van der Waals surface area (Å²) in [4.78, 5) is 17.8. The molecule has 0 aromatic heterocycles. The lowest BCUT2D eigenvalue weighted by atomic mass is 9.97. The number of carbonyl (C=O) groups excluding carboxylic acids is 1. The molecule has 2 heteroatoms. The van der Waals surface area contributed by atoms with Crippen LogP contribution in [0.5, 0.6) is 0 Å². The maximum Gasteiger partial charge on any atom is 0.195 e. The summed E-state index contributed by atoms with van der Waals surface area (Å²) in [6.45, 7) is 0. The number of para-hydroxylation sites is 1. The van der Waals surface area contributed by atoms with E-state index in [0.717, 1.165) is 16.3 Å². The molecule has 0 aliphatic heterocycles. The van der Waals surface area contributed by atoms with Crippen LogP contribution < -0.4 is 0 Å². The van der Waals surface area contributed by atoms with Crippen LogP contribution in [0, 0.1) is 0 Å². The molecule has 0 atom stereocenters. The van der Waals surface area contributed by atoms with E-state index in [1.807, 2.05) is 85.1 Å². The van der Waals surface area contributed by atoms with Crippen LogP contribution >= 0.6 is 0 Å². The highest BCUT2D eigenvalue weighted by molar-refractivity contribution is 6.15. The molecule has 0 aliphatic rings. The van der Waals surface area contributed by atoms with Gasteiger partial charge in [-0.05, 0) is 39.7 Å². The summed E-state index contributed by atoms with van der Waals surface area (Å²) in [6, 6.07) is 35.7.